The van der Waals surface area contributed by atoms with Crippen LogP contribution in [0.25, 0.3) is 0 Å². The average molecular weight is 474 g/mol. The van der Waals surface area contributed by atoms with Crippen LogP contribution in [-0.2, 0) is 39.6 Å². The first-order chi connectivity index (χ1) is 13.3. The zero-order valence-corrected chi connectivity index (χ0v) is 18.9. The maximum absolute atomic E-state index is 12.8. The van der Waals surface area contributed by atoms with Crippen LogP contribution in [0, 0.1) is 0 Å². The first-order valence-corrected chi connectivity index (χ1v) is 10.5. The van der Waals surface area contributed by atoms with Gasteiger partial charge in [-0.2, -0.15) is 8.42 Å². The van der Waals surface area contributed by atoms with Crippen molar-refractivity contribution in [2.45, 2.75) is 23.0 Å². The van der Waals surface area contributed by atoms with Gasteiger partial charge in [0.25, 0.3) is 17.7 Å². The first-order valence-electron chi connectivity index (χ1n) is 7.66. The van der Waals surface area contributed by atoms with Crippen molar-refractivity contribution in [2.24, 2.45) is 0 Å². The van der Waals surface area contributed by atoms with Gasteiger partial charge in [0.15, 0.2) is 0 Å². The molecular formula is C14H12FN2NaO10S2. The Bertz CT molecular complexity index is 1070. The number of hydrogen-bond donors (Lipinski definition) is 1. The predicted octanol–water partition coefficient (Wildman–Crippen LogP) is -4.40. The van der Waals surface area contributed by atoms with E-state index in [0.717, 1.165) is 24.3 Å². The molecule has 158 valence electrons. The maximum atomic E-state index is 12.8. The van der Waals surface area contributed by atoms with Gasteiger partial charge in [-0.05, 0) is 24.3 Å². The minimum Gasteiger partial charge on any atom is -0.747 e. The first kappa shape index (κ1) is 26.1. The van der Waals surface area contributed by atoms with Crippen LogP contribution < -0.4 is 34.9 Å². The molecule has 1 aromatic carbocycles. The summed E-state index contributed by atoms with van der Waals surface area (Å²) in [4.78, 5) is 50.5. The fourth-order valence-corrected chi connectivity index (χ4v) is 3.35. The zero-order chi connectivity index (χ0) is 22.0. The van der Waals surface area contributed by atoms with Gasteiger partial charge in [-0.15, -0.1) is 8.95 Å². The Hall–Kier alpha value is -1.91. The molecule has 1 aromatic rings. The molecule has 1 saturated heterocycles. The van der Waals surface area contributed by atoms with Crippen molar-refractivity contribution in [1.82, 2.24) is 10.4 Å². The fraction of sp³-hybridized carbons (Fsp3) is 0.286. The minimum absolute atomic E-state index is 0. The average Bonchev–Trinajstić information content (AvgIpc) is 2.89. The van der Waals surface area contributed by atoms with E-state index in [-0.39, 0.29) is 46.7 Å². The van der Waals surface area contributed by atoms with E-state index in [9.17, 15) is 44.5 Å². The molecule has 12 nitrogen and oxygen atoms in total. The Morgan fingerprint density at radius 1 is 1.17 bits per heavy atom. The van der Waals surface area contributed by atoms with E-state index >= 15 is 0 Å². The molecule has 1 fully saturated rings. The molecule has 0 bridgehead atoms. The van der Waals surface area contributed by atoms with Crippen LogP contribution in [0.4, 0.5) is 3.89 Å². The van der Waals surface area contributed by atoms with Crippen LogP contribution in [-0.4, -0.2) is 61.9 Å². The second-order valence-electron chi connectivity index (χ2n) is 5.64. The summed E-state index contributed by atoms with van der Waals surface area (Å²) in [5.41, 5.74) is -0.0424. The van der Waals surface area contributed by atoms with Crippen molar-refractivity contribution in [3.63, 3.8) is 0 Å². The number of nitrogens with zero attached hydrogens (tertiary/aromatic N) is 1. The molecule has 1 unspecified atom stereocenters. The Labute approximate surface area is 191 Å². The zero-order valence-electron chi connectivity index (χ0n) is 15.2. The summed E-state index contributed by atoms with van der Waals surface area (Å²) in [5, 5.41) is -0.0275. The summed E-state index contributed by atoms with van der Waals surface area (Å²) in [6, 6.07) is 3.80. The molecule has 3 amide bonds. The third-order valence-electron chi connectivity index (χ3n) is 3.62. The Morgan fingerprint density at radius 2 is 1.73 bits per heavy atom. The van der Waals surface area contributed by atoms with Crippen LogP contribution in [0.5, 0.6) is 0 Å². The second kappa shape index (κ2) is 9.93. The summed E-state index contributed by atoms with van der Waals surface area (Å²) < 4.78 is 66.8. The molecule has 0 saturated carbocycles. The molecule has 1 aliphatic rings. The molecule has 0 spiro atoms. The molecule has 1 heterocycles. The number of rotatable bonds is 7. The summed E-state index contributed by atoms with van der Waals surface area (Å²) in [6.45, 7) is -0.333. The predicted molar refractivity (Wildman–Crippen MR) is 87.7 cm³/mol. The number of nitrogens with one attached hydrogen (secondary N) is 1. The third kappa shape index (κ3) is 6.55. The van der Waals surface area contributed by atoms with Crippen LogP contribution in [0.1, 0.15) is 23.2 Å². The van der Waals surface area contributed by atoms with Crippen molar-refractivity contribution in [1.29, 1.82) is 0 Å². The van der Waals surface area contributed by atoms with Crippen molar-refractivity contribution in [3.8, 4) is 0 Å². The third-order valence-corrected chi connectivity index (χ3v) is 5.52. The van der Waals surface area contributed by atoms with Gasteiger partial charge < -0.3 is 14.7 Å². The van der Waals surface area contributed by atoms with Crippen molar-refractivity contribution >= 4 is 44.0 Å². The number of benzene rings is 1. The van der Waals surface area contributed by atoms with Gasteiger partial charge in [0, 0.05) is 12.1 Å². The molecule has 0 radical (unpaired) electrons. The van der Waals surface area contributed by atoms with Crippen LogP contribution in [0.2, 0.25) is 0 Å². The van der Waals surface area contributed by atoms with E-state index in [1.165, 1.54) is 0 Å². The monoisotopic (exact) mass is 474 g/mol. The Balaban J connectivity index is 0.00000450. The van der Waals surface area contributed by atoms with Gasteiger partial charge in [-0.3, -0.25) is 14.4 Å². The number of amides is 3. The fourth-order valence-electron chi connectivity index (χ4n) is 2.20. The van der Waals surface area contributed by atoms with Crippen molar-refractivity contribution in [3.05, 3.63) is 29.8 Å². The largest absolute Gasteiger partial charge is 1.00 e. The molecule has 2 rings (SSSR count). The van der Waals surface area contributed by atoms with E-state index in [4.69, 9.17) is 0 Å². The molecule has 1 aliphatic heterocycles. The van der Waals surface area contributed by atoms with Crippen LogP contribution in [0.15, 0.2) is 29.2 Å². The number of hydroxylamine groups is 2. The smallest absolute Gasteiger partial charge is 0.747 e. The van der Waals surface area contributed by atoms with Crippen LogP contribution >= 0.6 is 0 Å². The van der Waals surface area contributed by atoms with Gasteiger partial charge in [-0.25, -0.2) is 13.2 Å². The number of carbonyl (C=O) groups is 4. The van der Waals surface area contributed by atoms with E-state index < -0.39 is 67.0 Å². The number of imide groups is 1. The van der Waals surface area contributed by atoms with Crippen LogP contribution in [0.3, 0.4) is 0 Å². The Morgan fingerprint density at radius 3 is 2.20 bits per heavy atom. The SMILES string of the molecule is O=C(CCNC(=O)c1ccc(S(=O)(=O)F)cc1)ON1C(=O)CC(S(=O)(=O)[O-])C1=O.[Na+]. The van der Waals surface area contributed by atoms with Gasteiger partial charge in [0.1, 0.15) is 15.4 Å². The molecule has 1 atom stereocenters. The van der Waals surface area contributed by atoms with Crippen molar-refractivity contribution in [2.75, 3.05) is 6.54 Å². The van der Waals surface area contributed by atoms with Gasteiger partial charge in [-0.1, -0.05) is 0 Å². The summed E-state index contributed by atoms with van der Waals surface area (Å²) >= 11 is 0. The van der Waals surface area contributed by atoms with E-state index in [1.807, 2.05) is 0 Å². The maximum Gasteiger partial charge on any atom is 1.00 e. The normalized spacial score (nSPS) is 16.7. The summed E-state index contributed by atoms with van der Waals surface area (Å²) in [6.07, 6.45) is -1.48. The molecule has 30 heavy (non-hydrogen) atoms. The quantitative estimate of drug-likeness (QED) is 0.175. The molecule has 16 heteroatoms. The molecule has 0 aliphatic carbocycles. The van der Waals surface area contributed by atoms with Gasteiger partial charge in [0.05, 0.1) is 17.7 Å². The molecule has 0 aromatic heterocycles. The minimum atomic E-state index is -5.10. The van der Waals surface area contributed by atoms with E-state index in [2.05, 4.69) is 10.2 Å². The van der Waals surface area contributed by atoms with Gasteiger partial charge >= 0.3 is 45.7 Å². The number of halogens is 1. The molecule has 1 N–H and O–H groups in total. The van der Waals surface area contributed by atoms with E-state index in [0.29, 0.717) is 0 Å². The molecular weight excluding hydrogens is 462 g/mol. The topological polar surface area (TPSA) is 184 Å². The second-order valence-corrected chi connectivity index (χ2v) is 8.55. The number of carbonyl (C=O) groups excluding carboxylic acids is 4. The standard InChI is InChI=1S/C14H13FN2O10S2.Na/c15-28(22,23)9-3-1-8(2-4-9)13(20)16-6-5-12(19)27-17-11(18)7-10(14(17)21)29(24,25)26;/h1-4,10H,5-7H2,(H,16,20)(H,24,25,26);/q;+1/p-1. The van der Waals surface area contributed by atoms with Crippen molar-refractivity contribution < 1.29 is 78.8 Å². The van der Waals surface area contributed by atoms with Gasteiger partial charge in [0.2, 0.25) is 0 Å². The van der Waals surface area contributed by atoms with E-state index in [1.54, 1.807) is 0 Å². The Kier molecular flexibility index (Phi) is 8.65. The summed E-state index contributed by atoms with van der Waals surface area (Å²) in [7, 11) is -10.0. The summed E-state index contributed by atoms with van der Waals surface area (Å²) in [5.74, 6) is -4.58. The number of hydrogen-bond acceptors (Lipinski definition) is 10.